The zero-order chi connectivity index (χ0) is 33.5. The van der Waals surface area contributed by atoms with Gasteiger partial charge in [0.1, 0.15) is 17.6 Å². The van der Waals surface area contributed by atoms with Crippen molar-refractivity contribution in [3.63, 3.8) is 0 Å². The quantitative estimate of drug-likeness (QED) is 0.158. The van der Waals surface area contributed by atoms with E-state index < -0.39 is 37.9 Å². The maximum Gasteiger partial charge on any atom is 0.262 e. The van der Waals surface area contributed by atoms with Gasteiger partial charge in [-0.15, -0.1) is 11.3 Å². The molecule has 1 saturated heterocycles. The molecule has 2 aliphatic rings. The van der Waals surface area contributed by atoms with Crippen LogP contribution in [-0.2, 0) is 4.79 Å². The van der Waals surface area contributed by atoms with Crippen LogP contribution < -0.4 is 20.0 Å². The summed E-state index contributed by atoms with van der Waals surface area (Å²) >= 11 is 1.19. The number of rotatable bonds is 8. The fourth-order valence-corrected chi connectivity index (χ4v) is 7.15. The molecule has 9 nitrogen and oxygen atoms in total. The number of piperazine rings is 1. The van der Waals surface area contributed by atoms with Crippen LogP contribution in [0.25, 0.3) is 11.1 Å². The summed E-state index contributed by atoms with van der Waals surface area (Å²) in [7, 11) is -2.49. The van der Waals surface area contributed by atoms with E-state index in [4.69, 9.17) is 4.43 Å². The molecule has 0 spiro atoms. The molecule has 2 aliphatic heterocycles. The van der Waals surface area contributed by atoms with Crippen molar-refractivity contribution in [2.24, 2.45) is 0 Å². The Kier molecular flexibility index (Phi) is 8.77. The Balaban J connectivity index is 1.38. The lowest BCUT2D eigenvalue weighted by Crippen LogP contribution is -2.45. The van der Waals surface area contributed by atoms with Crippen LogP contribution >= 0.6 is 11.3 Å². The highest BCUT2D eigenvalue weighted by molar-refractivity contribution is 7.13. The minimum atomic E-state index is -2.49. The second-order valence-electron chi connectivity index (χ2n) is 13.3. The fourth-order valence-electron chi connectivity index (χ4n) is 5.57. The number of amides is 3. The maximum absolute atomic E-state index is 15.0. The molecule has 1 aromatic heterocycles. The Morgan fingerprint density at radius 1 is 0.979 bits per heavy atom. The Hall–Kier alpha value is -4.39. The SMILES string of the molecule is CC(C)(C)[Si](C)(C)Oc1ccc(F)cc1C(C(=O)Nc1nccs1)N1C(=O)c2ccc(-c3ccc(N4CCNCC4)cc3)cc2C1=O. The predicted octanol–water partition coefficient (Wildman–Crippen LogP) is 6.72. The van der Waals surface area contributed by atoms with Gasteiger partial charge >= 0.3 is 0 Å². The molecular formula is C35H38FN5O4SSi. The lowest BCUT2D eigenvalue weighted by Gasteiger charge is -2.38. The number of benzene rings is 3. The molecule has 1 fully saturated rings. The standard InChI is InChI=1S/C35H38FN5O4SSi/c1-35(2,3)47(4,5)45-29-13-9-24(36)21-28(29)30(31(42)39-34-38-16-19-46-34)41-32(43)26-12-8-23(20-27(26)33(41)44)22-6-10-25(11-7-22)40-17-14-37-15-18-40/h6-13,16,19-21,30,37H,14-15,17-18H2,1-5H3,(H,38,39,42). The molecule has 3 amide bonds. The Bertz CT molecular complexity index is 1820. The van der Waals surface area contributed by atoms with Crippen molar-refractivity contribution in [1.82, 2.24) is 15.2 Å². The van der Waals surface area contributed by atoms with Crippen LogP contribution in [0.15, 0.2) is 72.2 Å². The van der Waals surface area contributed by atoms with Crippen LogP contribution in [0.2, 0.25) is 18.1 Å². The first kappa shape index (κ1) is 32.5. The van der Waals surface area contributed by atoms with Gasteiger partial charge in [-0.1, -0.05) is 39.0 Å². The summed E-state index contributed by atoms with van der Waals surface area (Å²) in [5.41, 5.74) is 3.20. The Labute approximate surface area is 278 Å². The van der Waals surface area contributed by atoms with Crippen LogP contribution in [0.3, 0.4) is 0 Å². The van der Waals surface area contributed by atoms with Crippen molar-refractivity contribution in [2.75, 3.05) is 36.4 Å². The smallest absolute Gasteiger partial charge is 0.262 e. The molecular weight excluding hydrogens is 634 g/mol. The highest BCUT2D eigenvalue weighted by Gasteiger charge is 2.46. The second kappa shape index (κ2) is 12.7. The first-order chi connectivity index (χ1) is 22.3. The summed E-state index contributed by atoms with van der Waals surface area (Å²) in [5, 5.41) is 7.84. The number of thiazole rings is 1. The fraction of sp³-hybridized carbons (Fsp3) is 0.314. The summed E-state index contributed by atoms with van der Waals surface area (Å²) < 4.78 is 21.5. The van der Waals surface area contributed by atoms with Crippen LogP contribution in [-0.4, -0.2) is 62.1 Å². The molecule has 4 aromatic rings. The normalized spacial score (nSPS) is 15.9. The largest absolute Gasteiger partial charge is 0.543 e. The van der Waals surface area contributed by atoms with Crippen molar-refractivity contribution in [3.8, 4) is 16.9 Å². The van der Waals surface area contributed by atoms with Crippen molar-refractivity contribution < 1.29 is 23.2 Å². The molecule has 3 heterocycles. The first-order valence-electron chi connectivity index (χ1n) is 15.6. The third-order valence-corrected chi connectivity index (χ3v) is 14.2. The minimum Gasteiger partial charge on any atom is -0.543 e. The average molecular weight is 672 g/mol. The number of imide groups is 1. The van der Waals surface area contributed by atoms with Crippen molar-refractivity contribution in [1.29, 1.82) is 0 Å². The van der Waals surface area contributed by atoms with Crippen molar-refractivity contribution >= 4 is 48.2 Å². The number of aromatic nitrogens is 1. The summed E-state index contributed by atoms with van der Waals surface area (Å²) in [6.07, 6.45) is 1.53. The van der Waals surface area contributed by atoms with Crippen LogP contribution in [0.4, 0.5) is 15.2 Å². The number of carbonyl (C=O) groups excluding carboxylic acids is 3. The predicted molar refractivity (Wildman–Crippen MR) is 185 cm³/mol. The molecule has 6 rings (SSSR count). The zero-order valence-electron chi connectivity index (χ0n) is 27.1. The van der Waals surface area contributed by atoms with E-state index in [2.05, 4.69) is 53.4 Å². The number of halogens is 1. The number of hydrogen-bond donors (Lipinski definition) is 2. The number of fused-ring (bicyclic) bond motifs is 1. The molecule has 1 atom stereocenters. The number of hydrogen-bond acceptors (Lipinski definition) is 8. The van der Waals surface area contributed by atoms with E-state index in [-0.39, 0.29) is 32.6 Å². The van der Waals surface area contributed by atoms with Crippen LogP contribution in [0.5, 0.6) is 5.75 Å². The summed E-state index contributed by atoms with van der Waals surface area (Å²) in [6, 6.07) is 15.6. The van der Waals surface area contributed by atoms with Gasteiger partial charge in [0.15, 0.2) is 5.13 Å². The van der Waals surface area contributed by atoms with Gasteiger partial charge in [0.2, 0.25) is 8.32 Å². The number of carbonyl (C=O) groups is 3. The van der Waals surface area contributed by atoms with Gasteiger partial charge in [0.25, 0.3) is 17.7 Å². The van der Waals surface area contributed by atoms with Crippen molar-refractivity contribution in [2.45, 2.75) is 44.9 Å². The first-order valence-corrected chi connectivity index (χ1v) is 19.4. The van der Waals surface area contributed by atoms with E-state index in [0.29, 0.717) is 0 Å². The van der Waals surface area contributed by atoms with E-state index in [1.165, 1.54) is 35.7 Å². The van der Waals surface area contributed by atoms with Crippen LogP contribution in [0.1, 0.15) is 53.1 Å². The molecule has 12 heteroatoms. The molecule has 0 saturated carbocycles. The van der Waals surface area contributed by atoms with Gasteiger partial charge < -0.3 is 14.6 Å². The molecule has 0 radical (unpaired) electrons. The van der Waals surface area contributed by atoms with Gasteiger partial charge in [-0.25, -0.2) is 9.37 Å². The van der Waals surface area contributed by atoms with Gasteiger partial charge in [0.05, 0.1) is 11.1 Å². The number of anilines is 2. The highest BCUT2D eigenvalue weighted by atomic mass is 32.1. The summed E-state index contributed by atoms with van der Waals surface area (Å²) in [6.45, 7) is 14.0. The third-order valence-electron chi connectivity index (χ3n) is 9.21. The minimum absolute atomic E-state index is 0.0853. The van der Waals surface area contributed by atoms with Crippen LogP contribution in [0, 0.1) is 5.82 Å². The molecule has 244 valence electrons. The third kappa shape index (κ3) is 6.45. The second-order valence-corrected chi connectivity index (χ2v) is 18.9. The lowest BCUT2D eigenvalue weighted by molar-refractivity contribution is -0.120. The van der Waals surface area contributed by atoms with E-state index in [9.17, 15) is 18.8 Å². The monoisotopic (exact) mass is 671 g/mol. The van der Waals surface area contributed by atoms with Gasteiger partial charge in [-0.2, -0.15) is 0 Å². The van der Waals surface area contributed by atoms with E-state index in [1.807, 2.05) is 25.2 Å². The van der Waals surface area contributed by atoms with E-state index in [1.54, 1.807) is 23.6 Å². The summed E-state index contributed by atoms with van der Waals surface area (Å²) in [4.78, 5) is 49.6. The topological polar surface area (TPSA) is 104 Å². The molecule has 0 bridgehead atoms. The Morgan fingerprint density at radius 3 is 2.32 bits per heavy atom. The van der Waals surface area contributed by atoms with Crippen molar-refractivity contribution in [3.05, 3.63) is 94.7 Å². The highest BCUT2D eigenvalue weighted by Crippen LogP contribution is 2.42. The molecule has 3 aromatic carbocycles. The number of nitrogens with one attached hydrogen (secondary N) is 2. The van der Waals surface area contributed by atoms with Gasteiger partial charge in [0, 0.05) is 49.0 Å². The summed E-state index contributed by atoms with van der Waals surface area (Å²) in [5.74, 6) is -2.38. The van der Waals surface area contributed by atoms with Gasteiger partial charge in [-0.3, -0.25) is 24.6 Å². The molecule has 1 unspecified atom stereocenters. The molecule has 2 N–H and O–H groups in total. The average Bonchev–Trinajstić information content (AvgIpc) is 3.64. The van der Waals surface area contributed by atoms with E-state index >= 15 is 0 Å². The Morgan fingerprint density at radius 2 is 1.66 bits per heavy atom. The molecule has 47 heavy (non-hydrogen) atoms. The number of nitrogens with zero attached hydrogens (tertiary/aromatic N) is 3. The maximum atomic E-state index is 15.0. The van der Waals surface area contributed by atoms with E-state index in [0.717, 1.165) is 47.9 Å². The zero-order valence-corrected chi connectivity index (χ0v) is 28.9. The molecule has 0 aliphatic carbocycles. The van der Waals surface area contributed by atoms with Gasteiger partial charge in [-0.05, 0) is 71.7 Å². The lowest BCUT2D eigenvalue weighted by atomic mass is 10.00.